The third-order valence-corrected chi connectivity index (χ3v) is 3.12. The predicted molar refractivity (Wildman–Crippen MR) is 75.6 cm³/mol. The van der Waals surface area contributed by atoms with Crippen molar-refractivity contribution in [3.63, 3.8) is 0 Å². The first-order valence-electron chi connectivity index (χ1n) is 6.26. The molecule has 0 N–H and O–H groups in total. The number of hydrogen-bond acceptors (Lipinski definition) is 3. The Balaban J connectivity index is 2.50. The predicted octanol–water partition coefficient (Wildman–Crippen LogP) is 3.62. The van der Waals surface area contributed by atoms with E-state index in [1.54, 1.807) is 6.20 Å². The summed E-state index contributed by atoms with van der Waals surface area (Å²) in [5.41, 5.74) is 4.43. The Hall–Kier alpha value is -2.21. The molecule has 3 nitrogen and oxygen atoms in total. The molecule has 0 saturated heterocycles. The van der Waals surface area contributed by atoms with Crippen molar-refractivity contribution in [2.75, 3.05) is 0 Å². The molecule has 3 heteroatoms. The van der Waals surface area contributed by atoms with Crippen LogP contribution in [0.15, 0.2) is 30.5 Å². The maximum atomic E-state index is 8.85. The molecular weight excluding hydrogens is 234 g/mol. The van der Waals surface area contributed by atoms with E-state index >= 15 is 0 Å². The second-order valence-electron chi connectivity index (χ2n) is 5.66. The average Bonchev–Trinajstić information content (AvgIpc) is 2.37. The van der Waals surface area contributed by atoms with Crippen molar-refractivity contribution in [2.45, 2.75) is 33.1 Å². The summed E-state index contributed by atoms with van der Waals surface area (Å²) in [4.78, 5) is 8.14. The molecule has 0 fully saturated rings. The zero-order valence-electron chi connectivity index (χ0n) is 11.7. The highest BCUT2D eigenvalue weighted by atomic mass is 14.9. The number of aromatic nitrogens is 2. The molecule has 1 aromatic carbocycles. The highest BCUT2D eigenvalue weighted by Crippen LogP contribution is 2.28. The highest BCUT2D eigenvalue weighted by molar-refractivity contribution is 5.64. The molecule has 0 aliphatic heterocycles. The third kappa shape index (κ3) is 2.79. The molecule has 1 heterocycles. The summed E-state index contributed by atoms with van der Waals surface area (Å²) in [6.07, 6.45) is 1.62. The number of aryl methyl sites for hydroxylation is 1. The van der Waals surface area contributed by atoms with Crippen LogP contribution in [-0.4, -0.2) is 9.97 Å². The van der Waals surface area contributed by atoms with E-state index in [1.165, 1.54) is 5.56 Å². The second-order valence-corrected chi connectivity index (χ2v) is 5.66. The molecule has 19 heavy (non-hydrogen) atoms. The van der Waals surface area contributed by atoms with Gasteiger partial charge in [-0.2, -0.15) is 5.26 Å². The number of hydrogen-bond donors (Lipinski definition) is 0. The van der Waals surface area contributed by atoms with E-state index in [2.05, 4.69) is 55.9 Å². The first kappa shape index (κ1) is 13.2. The van der Waals surface area contributed by atoms with Gasteiger partial charge in [0.05, 0.1) is 5.69 Å². The van der Waals surface area contributed by atoms with Gasteiger partial charge in [0.25, 0.3) is 0 Å². The third-order valence-electron chi connectivity index (χ3n) is 3.12. The monoisotopic (exact) mass is 251 g/mol. The van der Waals surface area contributed by atoms with Gasteiger partial charge >= 0.3 is 0 Å². The van der Waals surface area contributed by atoms with Crippen LogP contribution in [-0.2, 0) is 5.41 Å². The standard InChI is InChI=1S/C16H17N3/c1-11-9-12(16(2,3)4)5-6-13(11)14-7-8-18-15(10-17)19-14/h5-9H,1-4H3. The number of rotatable bonds is 1. The molecule has 0 amide bonds. The molecule has 96 valence electrons. The van der Waals surface area contributed by atoms with Crippen molar-refractivity contribution in [3.05, 3.63) is 47.4 Å². The fourth-order valence-electron chi connectivity index (χ4n) is 1.98. The summed E-state index contributed by atoms with van der Waals surface area (Å²) >= 11 is 0. The van der Waals surface area contributed by atoms with Crippen molar-refractivity contribution in [2.24, 2.45) is 0 Å². The highest BCUT2D eigenvalue weighted by Gasteiger charge is 2.15. The molecular formula is C16H17N3. The summed E-state index contributed by atoms with van der Waals surface area (Å²) in [5, 5.41) is 8.85. The largest absolute Gasteiger partial charge is 0.232 e. The smallest absolute Gasteiger partial charge is 0.227 e. The summed E-state index contributed by atoms with van der Waals surface area (Å²) in [6.45, 7) is 8.65. The zero-order valence-corrected chi connectivity index (χ0v) is 11.7. The van der Waals surface area contributed by atoms with Gasteiger partial charge in [0.15, 0.2) is 0 Å². The SMILES string of the molecule is Cc1cc(C(C)(C)C)ccc1-c1ccnc(C#N)n1. The molecule has 2 aromatic rings. The Bertz CT molecular complexity index is 646. The lowest BCUT2D eigenvalue weighted by atomic mass is 9.85. The van der Waals surface area contributed by atoms with Crippen LogP contribution in [0.4, 0.5) is 0 Å². The summed E-state index contributed by atoms with van der Waals surface area (Å²) < 4.78 is 0. The minimum absolute atomic E-state index is 0.132. The van der Waals surface area contributed by atoms with Gasteiger partial charge in [0.1, 0.15) is 6.07 Å². The van der Waals surface area contributed by atoms with Crippen LogP contribution in [0.3, 0.4) is 0 Å². The Morgan fingerprint density at radius 2 is 1.89 bits per heavy atom. The summed E-state index contributed by atoms with van der Waals surface area (Å²) in [7, 11) is 0. The number of benzene rings is 1. The fourth-order valence-corrected chi connectivity index (χ4v) is 1.98. The zero-order chi connectivity index (χ0) is 14.0. The first-order chi connectivity index (χ1) is 8.91. The molecule has 0 saturated carbocycles. The molecule has 0 bridgehead atoms. The van der Waals surface area contributed by atoms with E-state index in [4.69, 9.17) is 5.26 Å². The molecule has 0 atom stereocenters. The normalized spacial score (nSPS) is 11.1. The van der Waals surface area contributed by atoms with Gasteiger partial charge in [-0.05, 0) is 29.5 Å². The molecule has 0 aliphatic carbocycles. The Morgan fingerprint density at radius 3 is 2.47 bits per heavy atom. The van der Waals surface area contributed by atoms with Gasteiger partial charge in [0.2, 0.25) is 5.82 Å². The van der Waals surface area contributed by atoms with Crippen LogP contribution < -0.4 is 0 Å². The van der Waals surface area contributed by atoms with E-state index in [-0.39, 0.29) is 11.2 Å². The van der Waals surface area contributed by atoms with E-state index in [0.717, 1.165) is 16.8 Å². The topological polar surface area (TPSA) is 49.6 Å². The number of nitrogens with zero attached hydrogens (tertiary/aromatic N) is 3. The van der Waals surface area contributed by atoms with E-state index in [1.807, 2.05) is 12.1 Å². The van der Waals surface area contributed by atoms with Gasteiger partial charge in [0, 0.05) is 11.8 Å². The minimum Gasteiger partial charge on any atom is -0.227 e. The maximum absolute atomic E-state index is 8.85. The lowest BCUT2D eigenvalue weighted by Gasteiger charge is -2.20. The van der Waals surface area contributed by atoms with Crippen molar-refractivity contribution in [3.8, 4) is 17.3 Å². The molecule has 1 aromatic heterocycles. The Morgan fingerprint density at radius 1 is 1.16 bits per heavy atom. The summed E-state index contributed by atoms with van der Waals surface area (Å²) in [6, 6.07) is 10.2. The van der Waals surface area contributed by atoms with Crippen LogP contribution in [0.5, 0.6) is 0 Å². The lowest BCUT2D eigenvalue weighted by Crippen LogP contribution is -2.11. The number of nitriles is 1. The van der Waals surface area contributed by atoms with Crippen LogP contribution in [0, 0.1) is 18.3 Å². The Kier molecular flexibility index (Phi) is 3.35. The Labute approximate surface area is 114 Å². The van der Waals surface area contributed by atoms with Gasteiger partial charge in [-0.25, -0.2) is 9.97 Å². The quantitative estimate of drug-likeness (QED) is 0.777. The van der Waals surface area contributed by atoms with Gasteiger partial charge < -0.3 is 0 Å². The van der Waals surface area contributed by atoms with Gasteiger partial charge in [-0.3, -0.25) is 0 Å². The van der Waals surface area contributed by atoms with Gasteiger partial charge in [-0.15, -0.1) is 0 Å². The summed E-state index contributed by atoms with van der Waals surface area (Å²) in [5.74, 6) is 0.205. The average molecular weight is 251 g/mol. The fraction of sp³-hybridized carbons (Fsp3) is 0.312. The molecule has 0 radical (unpaired) electrons. The van der Waals surface area contributed by atoms with Crippen molar-refractivity contribution >= 4 is 0 Å². The van der Waals surface area contributed by atoms with Crippen molar-refractivity contribution in [1.82, 2.24) is 9.97 Å². The van der Waals surface area contributed by atoms with Crippen molar-refractivity contribution < 1.29 is 0 Å². The first-order valence-corrected chi connectivity index (χ1v) is 6.26. The van der Waals surface area contributed by atoms with Gasteiger partial charge in [-0.1, -0.05) is 39.0 Å². The maximum Gasteiger partial charge on any atom is 0.232 e. The van der Waals surface area contributed by atoms with Crippen molar-refractivity contribution in [1.29, 1.82) is 5.26 Å². The van der Waals surface area contributed by atoms with Crippen LogP contribution in [0.2, 0.25) is 0 Å². The van der Waals surface area contributed by atoms with Crippen LogP contribution in [0.25, 0.3) is 11.3 Å². The molecule has 0 aliphatic rings. The van der Waals surface area contributed by atoms with Crippen LogP contribution in [0.1, 0.15) is 37.7 Å². The van der Waals surface area contributed by atoms with E-state index < -0.39 is 0 Å². The minimum atomic E-state index is 0.132. The molecule has 0 unspecified atom stereocenters. The second kappa shape index (κ2) is 4.81. The van der Waals surface area contributed by atoms with E-state index in [0.29, 0.717) is 0 Å². The van der Waals surface area contributed by atoms with Crippen LogP contribution >= 0.6 is 0 Å². The van der Waals surface area contributed by atoms with E-state index in [9.17, 15) is 0 Å². The lowest BCUT2D eigenvalue weighted by molar-refractivity contribution is 0.590. The molecule has 0 spiro atoms. The molecule has 2 rings (SSSR count).